The van der Waals surface area contributed by atoms with Crippen LogP contribution in [0.25, 0.3) is 11.3 Å². The molecule has 2 fully saturated rings. The van der Waals surface area contributed by atoms with E-state index in [9.17, 15) is 4.79 Å². The Morgan fingerprint density at radius 2 is 1.78 bits per heavy atom. The summed E-state index contributed by atoms with van der Waals surface area (Å²) in [5.41, 5.74) is 6.25. The molecule has 1 aromatic heterocycles. The molecule has 1 N–H and O–H groups in total. The summed E-state index contributed by atoms with van der Waals surface area (Å²) in [6.07, 6.45) is 5.32. The molecule has 6 rings (SSSR count). The van der Waals surface area contributed by atoms with E-state index in [1.54, 1.807) is 7.11 Å². The fraction of sp³-hybridized carbons (Fsp3) is 0.541. The summed E-state index contributed by atoms with van der Waals surface area (Å²) in [5, 5.41) is 0. The molecule has 9 heteroatoms. The molecular formula is C37H49N5O3S. The Hall–Kier alpha value is -3.14. The number of hydrogen-bond donors (Lipinski definition) is 1. The number of benzene rings is 2. The van der Waals surface area contributed by atoms with Gasteiger partial charge in [0.2, 0.25) is 11.8 Å². The van der Waals surface area contributed by atoms with E-state index in [2.05, 4.69) is 60.4 Å². The van der Waals surface area contributed by atoms with Crippen molar-refractivity contribution in [3.8, 4) is 17.1 Å². The van der Waals surface area contributed by atoms with Crippen LogP contribution in [0.1, 0.15) is 73.0 Å². The van der Waals surface area contributed by atoms with E-state index in [4.69, 9.17) is 19.4 Å². The normalized spacial score (nSPS) is 20.4. The molecule has 0 radical (unpaired) electrons. The van der Waals surface area contributed by atoms with Crippen molar-refractivity contribution >= 4 is 23.8 Å². The average Bonchev–Trinajstić information content (AvgIpc) is 3.02. The third-order valence-electron chi connectivity index (χ3n) is 10.2. The first-order chi connectivity index (χ1) is 22.2. The molecule has 1 aliphatic carbocycles. The van der Waals surface area contributed by atoms with E-state index in [1.807, 2.05) is 31.2 Å². The van der Waals surface area contributed by atoms with Crippen LogP contribution in [-0.2, 0) is 4.74 Å². The van der Waals surface area contributed by atoms with Crippen LogP contribution in [0.2, 0.25) is 0 Å². The van der Waals surface area contributed by atoms with Crippen molar-refractivity contribution in [2.45, 2.75) is 83.7 Å². The molecule has 3 heterocycles. The average molecular weight is 644 g/mol. The minimum Gasteiger partial charge on any atom is -0.475 e. The first kappa shape index (κ1) is 32.8. The number of anilines is 1. The highest BCUT2D eigenvalue weighted by molar-refractivity contribution is 8.00. The second-order valence-electron chi connectivity index (χ2n) is 14.0. The van der Waals surface area contributed by atoms with Crippen molar-refractivity contribution in [1.29, 1.82) is 0 Å². The summed E-state index contributed by atoms with van der Waals surface area (Å²) in [7, 11) is 1.77. The highest BCUT2D eigenvalue weighted by atomic mass is 32.2. The topological polar surface area (TPSA) is 79.8 Å². The first-order valence-corrected chi connectivity index (χ1v) is 17.6. The first-order valence-electron chi connectivity index (χ1n) is 16.8. The van der Waals surface area contributed by atoms with E-state index in [0.717, 1.165) is 83.9 Å². The van der Waals surface area contributed by atoms with Gasteiger partial charge in [-0.3, -0.25) is 9.52 Å². The van der Waals surface area contributed by atoms with Crippen LogP contribution in [-0.4, -0.2) is 77.7 Å². The summed E-state index contributed by atoms with van der Waals surface area (Å²) < 4.78 is 15.4. The lowest BCUT2D eigenvalue weighted by Gasteiger charge is -2.56. The third kappa shape index (κ3) is 6.92. The smallest absolute Gasteiger partial charge is 0.254 e. The molecule has 1 saturated carbocycles. The number of carbonyl (C=O) groups excluding carboxylic acids is 1. The summed E-state index contributed by atoms with van der Waals surface area (Å²) in [4.78, 5) is 30.1. The second-order valence-corrected chi connectivity index (χ2v) is 14.9. The van der Waals surface area contributed by atoms with Gasteiger partial charge in [-0.05, 0) is 119 Å². The Bertz CT molecular complexity index is 1530. The molecule has 1 atom stereocenters. The molecule has 1 amide bonds. The third-order valence-corrected chi connectivity index (χ3v) is 11.0. The number of methoxy groups -OCH3 is 1. The highest BCUT2D eigenvalue weighted by Crippen LogP contribution is 2.52. The van der Waals surface area contributed by atoms with Gasteiger partial charge in [-0.1, -0.05) is 38.1 Å². The minimum atomic E-state index is -0.0804. The van der Waals surface area contributed by atoms with Crippen LogP contribution in [0, 0.1) is 32.1 Å². The van der Waals surface area contributed by atoms with Gasteiger partial charge in [0.15, 0.2) is 0 Å². The Balaban J connectivity index is 1.34. The van der Waals surface area contributed by atoms with Gasteiger partial charge in [-0.2, -0.15) is 4.98 Å². The molecule has 3 aliphatic rings. The van der Waals surface area contributed by atoms with Crippen LogP contribution in [0.4, 0.5) is 5.95 Å². The number of carbonyl (C=O) groups is 1. The lowest BCUT2D eigenvalue weighted by atomic mass is 9.59. The van der Waals surface area contributed by atoms with Crippen molar-refractivity contribution in [2.75, 3.05) is 44.7 Å². The number of nitrogens with one attached hydrogen (secondary N) is 1. The molecule has 8 nitrogen and oxygen atoms in total. The Labute approximate surface area is 278 Å². The van der Waals surface area contributed by atoms with Crippen molar-refractivity contribution in [1.82, 2.24) is 19.8 Å². The number of ether oxygens (including phenoxy) is 2. The standard InChI is InChI=1S/C37H49N5O3S/c1-24(2)19-29-23-45-34-27(5)33(32-25(3)9-7-10-26(32)4)38-36(39-34)40-46-31-12-8-11-28(20-31)35(43)42(29)30-21-37(22-30)13-15-41(16-14-37)17-18-44-6/h7-12,20,24,29-30H,13-19,21-23H2,1-6H3,(H,38,39,40)/t29-/m1/s1. The predicted octanol–water partition coefficient (Wildman–Crippen LogP) is 7.33. The largest absolute Gasteiger partial charge is 0.475 e. The minimum absolute atomic E-state index is 0.0804. The monoisotopic (exact) mass is 643 g/mol. The molecule has 2 aromatic carbocycles. The van der Waals surface area contributed by atoms with Gasteiger partial charge in [0, 0.05) is 41.3 Å². The summed E-state index contributed by atoms with van der Waals surface area (Å²) in [6, 6.07) is 14.4. The highest BCUT2D eigenvalue weighted by Gasteiger charge is 2.50. The molecule has 1 spiro atoms. The Kier molecular flexibility index (Phi) is 9.92. The number of fused-ring (bicyclic) bond motifs is 4. The van der Waals surface area contributed by atoms with Gasteiger partial charge in [0.05, 0.1) is 18.3 Å². The van der Waals surface area contributed by atoms with Gasteiger partial charge >= 0.3 is 0 Å². The molecule has 3 aromatic rings. The fourth-order valence-electron chi connectivity index (χ4n) is 7.69. The fourth-order valence-corrected chi connectivity index (χ4v) is 8.32. The number of aromatic nitrogens is 2. The van der Waals surface area contributed by atoms with Gasteiger partial charge in [0.1, 0.15) is 6.61 Å². The number of piperidine rings is 1. The maximum atomic E-state index is 14.5. The number of aryl methyl sites for hydroxylation is 2. The Morgan fingerprint density at radius 3 is 2.48 bits per heavy atom. The summed E-state index contributed by atoms with van der Waals surface area (Å²) in [6.45, 7) is 15.1. The van der Waals surface area contributed by atoms with Crippen LogP contribution in [0.15, 0.2) is 47.4 Å². The summed E-state index contributed by atoms with van der Waals surface area (Å²) >= 11 is 1.42. The van der Waals surface area contributed by atoms with Crippen LogP contribution in [0.3, 0.4) is 0 Å². The number of rotatable bonds is 7. The zero-order valence-corrected chi connectivity index (χ0v) is 29.1. The van der Waals surface area contributed by atoms with Crippen molar-refractivity contribution in [3.63, 3.8) is 0 Å². The number of hydrogen-bond acceptors (Lipinski definition) is 8. The van der Waals surface area contributed by atoms with E-state index in [1.165, 1.54) is 24.8 Å². The predicted molar refractivity (Wildman–Crippen MR) is 186 cm³/mol. The van der Waals surface area contributed by atoms with Crippen molar-refractivity contribution in [3.05, 3.63) is 64.7 Å². The van der Waals surface area contributed by atoms with E-state index >= 15 is 0 Å². The Morgan fingerprint density at radius 1 is 1.07 bits per heavy atom. The van der Waals surface area contributed by atoms with E-state index in [-0.39, 0.29) is 18.0 Å². The van der Waals surface area contributed by atoms with Crippen LogP contribution >= 0.6 is 11.9 Å². The maximum Gasteiger partial charge on any atom is 0.254 e. The maximum absolute atomic E-state index is 14.5. The van der Waals surface area contributed by atoms with Crippen molar-refractivity contribution < 1.29 is 14.3 Å². The van der Waals surface area contributed by atoms with Gasteiger partial charge < -0.3 is 19.3 Å². The molecule has 1 saturated heterocycles. The molecule has 246 valence electrons. The zero-order valence-electron chi connectivity index (χ0n) is 28.3. The van der Waals surface area contributed by atoms with Crippen LogP contribution in [0.5, 0.6) is 5.88 Å². The van der Waals surface area contributed by atoms with Crippen molar-refractivity contribution in [2.24, 2.45) is 11.3 Å². The van der Waals surface area contributed by atoms with Gasteiger partial charge in [0.25, 0.3) is 5.91 Å². The quantitative estimate of drug-likeness (QED) is 0.268. The molecule has 46 heavy (non-hydrogen) atoms. The SMILES string of the molecule is COCCN1CCC2(CC1)CC(N1C(=O)c3cccc(c3)SNc3nc(c(C)c(-c4c(C)cccc4C)n3)OC[C@H]1CC(C)C)C2. The number of likely N-dealkylation sites (tertiary alicyclic amines) is 1. The molecular weight excluding hydrogens is 595 g/mol. The van der Waals surface area contributed by atoms with Crippen LogP contribution < -0.4 is 9.46 Å². The number of amides is 1. The molecule has 0 unspecified atom stereocenters. The molecule has 2 aliphatic heterocycles. The summed E-state index contributed by atoms with van der Waals surface area (Å²) in [5.74, 6) is 1.55. The number of nitrogens with zero attached hydrogens (tertiary/aromatic N) is 4. The van der Waals surface area contributed by atoms with Gasteiger partial charge in [-0.15, -0.1) is 0 Å². The lowest BCUT2D eigenvalue weighted by Crippen LogP contribution is -2.60. The zero-order chi connectivity index (χ0) is 32.4. The van der Waals surface area contributed by atoms with E-state index < -0.39 is 0 Å². The lowest BCUT2D eigenvalue weighted by molar-refractivity contribution is -0.0545. The van der Waals surface area contributed by atoms with Gasteiger partial charge in [-0.25, -0.2) is 4.98 Å². The van der Waals surface area contributed by atoms with E-state index in [0.29, 0.717) is 29.8 Å². The molecule has 4 bridgehead atoms. The second kappa shape index (κ2) is 13.9.